The van der Waals surface area contributed by atoms with Gasteiger partial charge in [0.1, 0.15) is 11.6 Å². The summed E-state index contributed by atoms with van der Waals surface area (Å²) in [6.07, 6.45) is 0. The summed E-state index contributed by atoms with van der Waals surface area (Å²) in [5.74, 6) is -0.116. The highest BCUT2D eigenvalue weighted by atomic mass is 32.2. The lowest BCUT2D eigenvalue weighted by molar-refractivity contribution is 0.550. The fourth-order valence-corrected chi connectivity index (χ4v) is 3.36. The number of nitrogen functional groups attached to an aromatic ring is 1. The van der Waals surface area contributed by atoms with E-state index in [9.17, 15) is 8.78 Å². The van der Waals surface area contributed by atoms with Gasteiger partial charge in [0.15, 0.2) is 0 Å². The van der Waals surface area contributed by atoms with Gasteiger partial charge in [0, 0.05) is 35.0 Å². The molecule has 1 aliphatic heterocycles. The number of halogens is 2. The van der Waals surface area contributed by atoms with Crippen molar-refractivity contribution in [3.63, 3.8) is 0 Å². The van der Waals surface area contributed by atoms with Gasteiger partial charge in [0.25, 0.3) is 0 Å². The molecule has 0 aromatic heterocycles. The van der Waals surface area contributed by atoms with Gasteiger partial charge in [-0.1, -0.05) is 6.07 Å². The number of fused-ring (bicyclic) bond motifs is 1. The molecule has 0 bridgehead atoms. The molecule has 2 N–H and O–H groups in total. The molecule has 3 rings (SSSR count). The minimum atomic E-state index is -0.506. The molecule has 1 aliphatic rings. The van der Waals surface area contributed by atoms with Crippen molar-refractivity contribution in [1.29, 1.82) is 0 Å². The normalized spacial score (nSPS) is 14.2. The third kappa shape index (κ3) is 2.45. The average molecular weight is 292 g/mol. The van der Waals surface area contributed by atoms with Gasteiger partial charge in [-0.25, -0.2) is 8.78 Å². The van der Waals surface area contributed by atoms with Crippen LogP contribution in [0, 0.1) is 11.6 Å². The third-order valence-electron chi connectivity index (χ3n) is 3.35. The van der Waals surface area contributed by atoms with Crippen LogP contribution in [0.4, 0.5) is 20.2 Å². The first kappa shape index (κ1) is 13.2. The molecule has 5 heteroatoms. The molecule has 0 fully saturated rings. The SMILES string of the molecule is Nc1ccc2c(c1)N(Cc1c(F)cccc1F)CCS2. The van der Waals surface area contributed by atoms with Crippen molar-refractivity contribution < 1.29 is 8.78 Å². The van der Waals surface area contributed by atoms with Crippen LogP contribution in [-0.4, -0.2) is 12.3 Å². The van der Waals surface area contributed by atoms with E-state index in [4.69, 9.17) is 5.73 Å². The zero-order valence-corrected chi connectivity index (χ0v) is 11.6. The largest absolute Gasteiger partial charge is 0.399 e. The van der Waals surface area contributed by atoms with E-state index in [1.807, 2.05) is 23.1 Å². The molecular formula is C15H14F2N2S. The Bertz CT molecular complexity index is 626. The summed E-state index contributed by atoms with van der Waals surface area (Å²) in [5, 5.41) is 0. The summed E-state index contributed by atoms with van der Waals surface area (Å²) in [4.78, 5) is 3.08. The summed E-state index contributed by atoms with van der Waals surface area (Å²) in [6, 6.07) is 9.62. The number of nitrogens with zero attached hydrogens (tertiary/aromatic N) is 1. The Morgan fingerprint density at radius 2 is 1.90 bits per heavy atom. The van der Waals surface area contributed by atoms with Crippen LogP contribution >= 0.6 is 11.8 Å². The number of anilines is 2. The molecule has 0 saturated heterocycles. The number of hydrogen-bond donors (Lipinski definition) is 1. The smallest absolute Gasteiger partial charge is 0.131 e. The van der Waals surface area contributed by atoms with E-state index >= 15 is 0 Å². The second kappa shape index (κ2) is 5.32. The number of thioether (sulfide) groups is 1. The molecule has 2 aromatic rings. The molecule has 1 heterocycles. The maximum absolute atomic E-state index is 13.8. The first-order valence-corrected chi connectivity index (χ1v) is 7.34. The molecule has 20 heavy (non-hydrogen) atoms. The van der Waals surface area contributed by atoms with Gasteiger partial charge in [-0.15, -0.1) is 11.8 Å². The maximum Gasteiger partial charge on any atom is 0.131 e. The summed E-state index contributed by atoms with van der Waals surface area (Å²) in [6.45, 7) is 0.963. The van der Waals surface area contributed by atoms with Gasteiger partial charge >= 0.3 is 0 Å². The van der Waals surface area contributed by atoms with Crippen LogP contribution in [0.25, 0.3) is 0 Å². The lowest BCUT2D eigenvalue weighted by Gasteiger charge is -2.31. The van der Waals surface area contributed by atoms with E-state index in [-0.39, 0.29) is 12.1 Å². The Balaban J connectivity index is 1.95. The van der Waals surface area contributed by atoms with E-state index in [0.29, 0.717) is 5.69 Å². The molecular weight excluding hydrogens is 278 g/mol. The summed E-state index contributed by atoms with van der Waals surface area (Å²) < 4.78 is 27.5. The van der Waals surface area contributed by atoms with Crippen molar-refractivity contribution in [3.8, 4) is 0 Å². The predicted octanol–water partition coefficient (Wildman–Crippen LogP) is 3.66. The van der Waals surface area contributed by atoms with Crippen molar-refractivity contribution in [3.05, 3.63) is 53.6 Å². The monoisotopic (exact) mass is 292 g/mol. The molecule has 0 saturated carbocycles. The zero-order valence-electron chi connectivity index (χ0n) is 10.8. The summed E-state index contributed by atoms with van der Waals surface area (Å²) in [7, 11) is 0. The minimum absolute atomic E-state index is 0.104. The van der Waals surface area contributed by atoms with Gasteiger partial charge in [0.05, 0.1) is 5.69 Å². The van der Waals surface area contributed by atoms with Crippen molar-refractivity contribution >= 4 is 23.1 Å². The standard InChI is InChI=1S/C15H14F2N2S/c16-12-2-1-3-13(17)11(12)9-19-6-7-20-15-5-4-10(18)8-14(15)19/h1-5,8H,6-7,9,18H2. The Kier molecular flexibility index (Phi) is 3.53. The Morgan fingerprint density at radius 3 is 2.65 bits per heavy atom. The fraction of sp³-hybridized carbons (Fsp3) is 0.200. The van der Waals surface area contributed by atoms with E-state index < -0.39 is 11.6 Å². The third-order valence-corrected chi connectivity index (χ3v) is 4.40. The van der Waals surface area contributed by atoms with Crippen LogP contribution in [-0.2, 0) is 6.54 Å². The summed E-state index contributed by atoms with van der Waals surface area (Å²) >= 11 is 1.74. The molecule has 104 valence electrons. The van der Waals surface area contributed by atoms with Crippen molar-refractivity contribution in [1.82, 2.24) is 0 Å². The Labute approximate surface area is 120 Å². The second-order valence-corrected chi connectivity index (χ2v) is 5.83. The molecule has 0 radical (unpaired) electrons. The number of rotatable bonds is 2. The quantitative estimate of drug-likeness (QED) is 0.857. The molecule has 0 unspecified atom stereocenters. The molecule has 0 spiro atoms. The predicted molar refractivity (Wildman–Crippen MR) is 79.0 cm³/mol. The van der Waals surface area contributed by atoms with Crippen LogP contribution in [0.3, 0.4) is 0 Å². The summed E-state index contributed by atoms with van der Waals surface area (Å²) in [5.41, 5.74) is 7.52. The number of benzene rings is 2. The van der Waals surface area contributed by atoms with Crippen molar-refractivity contribution in [2.24, 2.45) is 0 Å². The Morgan fingerprint density at radius 1 is 1.15 bits per heavy atom. The van der Waals surface area contributed by atoms with Crippen LogP contribution < -0.4 is 10.6 Å². The van der Waals surface area contributed by atoms with Gasteiger partial charge in [-0.05, 0) is 30.3 Å². The zero-order chi connectivity index (χ0) is 14.1. The van der Waals surface area contributed by atoms with E-state index in [0.717, 1.165) is 22.9 Å². The van der Waals surface area contributed by atoms with E-state index in [1.165, 1.54) is 18.2 Å². The lowest BCUT2D eigenvalue weighted by atomic mass is 10.1. The van der Waals surface area contributed by atoms with Gasteiger partial charge in [-0.2, -0.15) is 0 Å². The first-order chi connectivity index (χ1) is 9.65. The van der Waals surface area contributed by atoms with Crippen LogP contribution in [0.2, 0.25) is 0 Å². The molecule has 0 atom stereocenters. The Hall–Kier alpha value is -1.75. The van der Waals surface area contributed by atoms with Gasteiger partial charge < -0.3 is 10.6 Å². The highest BCUT2D eigenvalue weighted by Gasteiger charge is 2.20. The number of nitrogens with two attached hydrogens (primary N) is 1. The topological polar surface area (TPSA) is 29.3 Å². The second-order valence-electron chi connectivity index (χ2n) is 4.70. The van der Waals surface area contributed by atoms with Crippen LogP contribution in [0.1, 0.15) is 5.56 Å². The minimum Gasteiger partial charge on any atom is -0.399 e. The number of hydrogen-bond acceptors (Lipinski definition) is 3. The van der Waals surface area contributed by atoms with Gasteiger partial charge in [0.2, 0.25) is 0 Å². The molecule has 2 aromatic carbocycles. The van der Waals surface area contributed by atoms with Crippen molar-refractivity contribution in [2.45, 2.75) is 11.4 Å². The fourth-order valence-electron chi connectivity index (χ4n) is 2.33. The van der Waals surface area contributed by atoms with E-state index in [1.54, 1.807) is 11.8 Å². The highest BCUT2D eigenvalue weighted by Crippen LogP contribution is 2.37. The van der Waals surface area contributed by atoms with Crippen LogP contribution in [0.15, 0.2) is 41.3 Å². The van der Waals surface area contributed by atoms with Gasteiger partial charge in [-0.3, -0.25) is 0 Å². The molecule has 0 aliphatic carbocycles. The first-order valence-electron chi connectivity index (χ1n) is 6.35. The highest BCUT2D eigenvalue weighted by molar-refractivity contribution is 7.99. The lowest BCUT2D eigenvalue weighted by Crippen LogP contribution is -2.29. The maximum atomic E-state index is 13.8. The average Bonchev–Trinajstić information content (AvgIpc) is 2.43. The van der Waals surface area contributed by atoms with Crippen molar-refractivity contribution in [2.75, 3.05) is 22.9 Å². The molecule has 2 nitrogen and oxygen atoms in total. The molecule has 0 amide bonds. The van der Waals surface area contributed by atoms with Crippen LogP contribution in [0.5, 0.6) is 0 Å². The van der Waals surface area contributed by atoms with E-state index in [2.05, 4.69) is 0 Å².